The molecule has 2 amide bonds. The Morgan fingerprint density at radius 2 is 2.07 bits per heavy atom. The van der Waals surface area contributed by atoms with E-state index in [9.17, 15) is 4.79 Å². The maximum absolute atomic E-state index is 12.0. The number of amides is 2. The molecule has 1 aliphatic heterocycles. The van der Waals surface area contributed by atoms with Crippen molar-refractivity contribution < 1.29 is 4.79 Å². The number of hydrogen-bond acceptors (Lipinski definition) is 3. The second-order valence-corrected chi connectivity index (χ2v) is 7.54. The molecule has 1 unspecified atom stereocenters. The highest BCUT2D eigenvalue weighted by atomic mass is 16.2. The summed E-state index contributed by atoms with van der Waals surface area (Å²) in [7, 11) is 0. The molecule has 1 atom stereocenters. The normalized spacial score (nSPS) is 17.6. The van der Waals surface area contributed by atoms with Crippen LogP contribution in [0.1, 0.15) is 37.3 Å². The molecule has 0 spiro atoms. The lowest BCUT2D eigenvalue weighted by Gasteiger charge is -2.30. The molecule has 2 heterocycles. The first-order chi connectivity index (χ1) is 13.2. The third kappa shape index (κ3) is 6.71. The number of benzene rings is 1. The van der Waals surface area contributed by atoms with E-state index in [0.29, 0.717) is 13.1 Å². The van der Waals surface area contributed by atoms with Crippen LogP contribution in [0.2, 0.25) is 0 Å². The third-order valence-electron chi connectivity index (χ3n) is 5.00. The molecule has 0 bridgehead atoms. The van der Waals surface area contributed by atoms with Crippen LogP contribution in [0.4, 0.5) is 4.79 Å². The van der Waals surface area contributed by atoms with Gasteiger partial charge in [0.1, 0.15) is 0 Å². The number of piperidine rings is 1. The van der Waals surface area contributed by atoms with Crippen LogP contribution in [-0.2, 0) is 13.1 Å². The zero-order valence-corrected chi connectivity index (χ0v) is 16.2. The monoisotopic (exact) mass is 369 g/mol. The summed E-state index contributed by atoms with van der Waals surface area (Å²) >= 11 is 0. The minimum atomic E-state index is -0.113. The van der Waals surface area contributed by atoms with Crippen LogP contribution in [0.25, 0.3) is 0 Å². The fourth-order valence-corrected chi connectivity index (χ4v) is 3.59. The SMILES string of the molecule is CC1CCCN(CCCNC(=O)NCc2cnn(Cc3ccccc3)c2)C1. The fourth-order valence-electron chi connectivity index (χ4n) is 3.59. The van der Waals surface area contributed by atoms with Crippen molar-refractivity contribution in [3.63, 3.8) is 0 Å². The van der Waals surface area contributed by atoms with Crippen molar-refractivity contribution in [1.29, 1.82) is 0 Å². The Balaban J connectivity index is 1.30. The van der Waals surface area contributed by atoms with Gasteiger partial charge in [0.25, 0.3) is 0 Å². The van der Waals surface area contributed by atoms with Crippen molar-refractivity contribution in [3.8, 4) is 0 Å². The first-order valence-corrected chi connectivity index (χ1v) is 9.98. The average Bonchev–Trinajstić information content (AvgIpc) is 3.12. The van der Waals surface area contributed by atoms with Gasteiger partial charge in [0.2, 0.25) is 0 Å². The molecule has 3 rings (SSSR count). The summed E-state index contributed by atoms with van der Waals surface area (Å²) in [6.45, 7) is 7.72. The Morgan fingerprint density at radius 3 is 2.89 bits per heavy atom. The van der Waals surface area contributed by atoms with Crippen molar-refractivity contribution in [2.75, 3.05) is 26.2 Å². The van der Waals surface area contributed by atoms with E-state index in [2.05, 4.69) is 39.7 Å². The lowest BCUT2D eigenvalue weighted by Crippen LogP contribution is -2.38. The van der Waals surface area contributed by atoms with E-state index in [0.717, 1.165) is 31.0 Å². The van der Waals surface area contributed by atoms with E-state index in [1.807, 2.05) is 29.1 Å². The highest BCUT2D eigenvalue weighted by Gasteiger charge is 2.15. The van der Waals surface area contributed by atoms with Gasteiger partial charge in [0, 0.05) is 31.4 Å². The van der Waals surface area contributed by atoms with Gasteiger partial charge in [-0.3, -0.25) is 4.68 Å². The molecule has 2 N–H and O–H groups in total. The molecule has 6 heteroatoms. The Bertz CT molecular complexity index is 700. The zero-order valence-electron chi connectivity index (χ0n) is 16.2. The summed E-state index contributed by atoms with van der Waals surface area (Å²) in [5.41, 5.74) is 2.21. The van der Waals surface area contributed by atoms with E-state index in [-0.39, 0.29) is 6.03 Å². The van der Waals surface area contributed by atoms with Crippen molar-refractivity contribution in [1.82, 2.24) is 25.3 Å². The van der Waals surface area contributed by atoms with E-state index >= 15 is 0 Å². The second kappa shape index (κ2) is 10.1. The summed E-state index contributed by atoms with van der Waals surface area (Å²) in [6, 6.07) is 10.1. The van der Waals surface area contributed by atoms with E-state index in [1.165, 1.54) is 31.5 Å². The van der Waals surface area contributed by atoms with Crippen molar-refractivity contribution in [2.45, 2.75) is 39.3 Å². The molecule has 6 nitrogen and oxygen atoms in total. The maximum atomic E-state index is 12.0. The fraction of sp³-hybridized carbons (Fsp3) is 0.524. The van der Waals surface area contributed by atoms with Gasteiger partial charge >= 0.3 is 6.03 Å². The van der Waals surface area contributed by atoms with Crippen LogP contribution in [-0.4, -0.2) is 46.9 Å². The van der Waals surface area contributed by atoms with E-state index < -0.39 is 0 Å². The number of urea groups is 1. The first-order valence-electron chi connectivity index (χ1n) is 9.98. The van der Waals surface area contributed by atoms with Gasteiger partial charge in [-0.25, -0.2) is 4.79 Å². The lowest BCUT2D eigenvalue weighted by atomic mass is 10.0. The first kappa shape index (κ1) is 19.4. The molecule has 1 saturated heterocycles. The highest BCUT2D eigenvalue weighted by molar-refractivity contribution is 5.73. The number of aromatic nitrogens is 2. The summed E-state index contributed by atoms with van der Waals surface area (Å²) < 4.78 is 1.89. The predicted octanol–water partition coefficient (Wildman–Crippen LogP) is 2.85. The summed E-state index contributed by atoms with van der Waals surface area (Å²) in [6.07, 6.45) is 7.42. The maximum Gasteiger partial charge on any atom is 0.315 e. The number of likely N-dealkylation sites (tertiary alicyclic amines) is 1. The van der Waals surface area contributed by atoms with Crippen LogP contribution in [0.5, 0.6) is 0 Å². The summed E-state index contributed by atoms with van der Waals surface area (Å²) in [4.78, 5) is 14.5. The van der Waals surface area contributed by atoms with Crippen LogP contribution in [0.3, 0.4) is 0 Å². The standard InChI is InChI=1S/C21H31N5O/c1-18-7-5-11-25(15-18)12-6-10-22-21(27)23-13-20-14-24-26(17-20)16-19-8-3-2-4-9-19/h2-4,8-9,14,17-18H,5-7,10-13,15-16H2,1H3,(H2,22,23,27). The van der Waals surface area contributed by atoms with E-state index in [1.54, 1.807) is 6.20 Å². The molecular formula is C21H31N5O. The van der Waals surface area contributed by atoms with Crippen molar-refractivity contribution >= 4 is 6.03 Å². The molecule has 0 radical (unpaired) electrons. The zero-order chi connectivity index (χ0) is 18.9. The number of carbonyl (C=O) groups is 1. The Hall–Kier alpha value is -2.34. The quantitative estimate of drug-likeness (QED) is 0.704. The van der Waals surface area contributed by atoms with Crippen LogP contribution < -0.4 is 10.6 Å². The van der Waals surface area contributed by atoms with Crippen LogP contribution in [0.15, 0.2) is 42.7 Å². The molecule has 1 aliphatic rings. The number of nitrogens with one attached hydrogen (secondary N) is 2. The van der Waals surface area contributed by atoms with Gasteiger partial charge < -0.3 is 15.5 Å². The topological polar surface area (TPSA) is 62.2 Å². The minimum absolute atomic E-state index is 0.113. The lowest BCUT2D eigenvalue weighted by molar-refractivity contribution is 0.181. The molecule has 1 aromatic heterocycles. The number of nitrogens with zero attached hydrogens (tertiary/aromatic N) is 3. The van der Waals surface area contributed by atoms with Gasteiger partial charge in [-0.05, 0) is 43.8 Å². The van der Waals surface area contributed by atoms with Crippen LogP contribution in [0, 0.1) is 5.92 Å². The summed E-state index contributed by atoms with van der Waals surface area (Å²) in [5.74, 6) is 0.804. The van der Waals surface area contributed by atoms with Crippen LogP contribution >= 0.6 is 0 Å². The molecule has 27 heavy (non-hydrogen) atoms. The van der Waals surface area contributed by atoms with Crippen molar-refractivity contribution in [3.05, 3.63) is 53.9 Å². The van der Waals surface area contributed by atoms with E-state index in [4.69, 9.17) is 0 Å². The predicted molar refractivity (Wildman–Crippen MR) is 107 cm³/mol. The average molecular weight is 370 g/mol. The van der Waals surface area contributed by atoms with Gasteiger partial charge in [-0.2, -0.15) is 5.10 Å². The van der Waals surface area contributed by atoms with Gasteiger partial charge in [0.05, 0.1) is 12.7 Å². The molecule has 1 fully saturated rings. The Kier molecular flexibility index (Phi) is 7.27. The number of rotatable bonds is 8. The molecular weight excluding hydrogens is 338 g/mol. The minimum Gasteiger partial charge on any atom is -0.338 e. The molecule has 2 aromatic rings. The third-order valence-corrected chi connectivity index (χ3v) is 5.00. The second-order valence-electron chi connectivity index (χ2n) is 7.54. The summed E-state index contributed by atoms with van der Waals surface area (Å²) in [5, 5.41) is 10.2. The number of carbonyl (C=O) groups excluding carboxylic acids is 1. The van der Waals surface area contributed by atoms with Crippen molar-refractivity contribution in [2.24, 2.45) is 5.92 Å². The number of hydrogen-bond donors (Lipinski definition) is 2. The Labute approximate surface area is 161 Å². The largest absolute Gasteiger partial charge is 0.338 e. The van der Waals surface area contributed by atoms with Gasteiger partial charge in [-0.15, -0.1) is 0 Å². The van der Waals surface area contributed by atoms with Gasteiger partial charge in [-0.1, -0.05) is 37.3 Å². The van der Waals surface area contributed by atoms with Gasteiger partial charge in [0.15, 0.2) is 0 Å². The highest BCUT2D eigenvalue weighted by Crippen LogP contribution is 2.15. The Morgan fingerprint density at radius 1 is 1.22 bits per heavy atom. The smallest absolute Gasteiger partial charge is 0.315 e. The molecule has 146 valence electrons. The molecule has 1 aromatic carbocycles. The molecule has 0 aliphatic carbocycles. The molecule has 0 saturated carbocycles.